The Labute approximate surface area is 198 Å². The average Bonchev–Trinajstić information content (AvgIpc) is 3.15. The van der Waals surface area contributed by atoms with E-state index in [1.54, 1.807) is 11.3 Å². The van der Waals surface area contributed by atoms with E-state index in [1.165, 1.54) is 18.4 Å². The van der Waals surface area contributed by atoms with Crippen molar-refractivity contribution in [2.75, 3.05) is 30.8 Å². The quantitative estimate of drug-likeness (QED) is 0.478. The van der Waals surface area contributed by atoms with E-state index in [2.05, 4.69) is 17.6 Å². The fourth-order valence-electron chi connectivity index (χ4n) is 4.40. The molecule has 1 atom stereocenters. The van der Waals surface area contributed by atoms with Gasteiger partial charge in [0.05, 0.1) is 12.7 Å². The molecule has 1 unspecified atom stereocenters. The molecule has 6 nitrogen and oxygen atoms in total. The van der Waals surface area contributed by atoms with Gasteiger partial charge in [0.2, 0.25) is 0 Å². The van der Waals surface area contributed by atoms with Crippen LogP contribution in [0.5, 0.6) is 0 Å². The molecule has 0 spiro atoms. The molecule has 1 amide bonds. The molecule has 1 fully saturated rings. The number of piperidine rings is 1. The van der Waals surface area contributed by atoms with E-state index in [1.807, 2.05) is 29.2 Å². The minimum Gasteiger partial charge on any atom is -0.465 e. The molecule has 170 valence electrons. The lowest BCUT2D eigenvalue weighted by molar-refractivity contribution is 0.0600. The van der Waals surface area contributed by atoms with Gasteiger partial charge in [-0.2, -0.15) is 0 Å². The Morgan fingerprint density at radius 2 is 1.84 bits per heavy atom. The number of amides is 1. The number of hydrogen-bond acceptors (Lipinski definition) is 5. The summed E-state index contributed by atoms with van der Waals surface area (Å²) in [6, 6.07) is 7.36. The molecule has 1 aliphatic heterocycles. The van der Waals surface area contributed by atoms with E-state index in [9.17, 15) is 9.59 Å². The third-order valence-corrected chi connectivity index (χ3v) is 7.54. The van der Waals surface area contributed by atoms with Crippen LogP contribution in [0.4, 0.5) is 10.7 Å². The van der Waals surface area contributed by atoms with Crippen LogP contribution in [0.25, 0.3) is 0 Å². The van der Waals surface area contributed by atoms with Gasteiger partial charge in [0.25, 0.3) is 5.91 Å². The van der Waals surface area contributed by atoms with Gasteiger partial charge in [0, 0.05) is 29.2 Å². The predicted molar refractivity (Wildman–Crippen MR) is 133 cm³/mol. The number of rotatable bonds is 4. The first-order chi connectivity index (χ1) is 15.5. The molecule has 8 heteroatoms. The maximum Gasteiger partial charge on any atom is 0.341 e. The van der Waals surface area contributed by atoms with Crippen molar-refractivity contribution >= 4 is 51.2 Å². The molecule has 0 bridgehead atoms. The second-order valence-electron chi connectivity index (χ2n) is 8.56. The Morgan fingerprint density at radius 3 is 2.53 bits per heavy atom. The zero-order valence-electron chi connectivity index (χ0n) is 18.5. The molecule has 2 heterocycles. The summed E-state index contributed by atoms with van der Waals surface area (Å²) in [5.41, 5.74) is 3.16. The smallest absolute Gasteiger partial charge is 0.341 e. The van der Waals surface area contributed by atoms with Crippen molar-refractivity contribution in [2.45, 2.75) is 45.4 Å². The van der Waals surface area contributed by atoms with Crippen molar-refractivity contribution in [1.29, 1.82) is 0 Å². The van der Waals surface area contributed by atoms with Crippen LogP contribution in [0.2, 0.25) is 0 Å². The minimum absolute atomic E-state index is 0.0815. The van der Waals surface area contributed by atoms with Crippen LogP contribution in [-0.4, -0.2) is 42.1 Å². The number of carbonyl (C=O) groups excluding carboxylic acids is 2. The minimum atomic E-state index is -0.331. The van der Waals surface area contributed by atoms with Crippen molar-refractivity contribution in [3.8, 4) is 0 Å². The predicted octanol–water partition coefficient (Wildman–Crippen LogP) is 5.09. The first-order valence-electron chi connectivity index (χ1n) is 11.2. The fourth-order valence-corrected chi connectivity index (χ4v) is 6.09. The van der Waals surface area contributed by atoms with Crippen LogP contribution in [0, 0.1) is 5.92 Å². The number of thiocarbonyl (C=S) groups is 1. The van der Waals surface area contributed by atoms with Gasteiger partial charge in [0.1, 0.15) is 5.00 Å². The number of anilines is 2. The molecule has 2 aliphatic rings. The average molecular weight is 472 g/mol. The van der Waals surface area contributed by atoms with Gasteiger partial charge in [-0.25, -0.2) is 4.79 Å². The number of fused-ring (bicyclic) bond motifs is 1. The van der Waals surface area contributed by atoms with Crippen molar-refractivity contribution in [3.05, 3.63) is 45.8 Å². The maximum absolute atomic E-state index is 12.6. The Morgan fingerprint density at radius 1 is 1.12 bits per heavy atom. The van der Waals surface area contributed by atoms with Crippen LogP contribution >= 0.6 is 23.6 Å². The van der Waals surface area contributed by atoms with Crippen LogP contribution in [0.3, 0.4) is 0 Å². The Bertz CT molecular complexity index is 1010. The number of benzene rings is 1. The van der Waals surface area contributed by atoms with E-state index >= 15 is 0 Å². The van der Waals surface area contributed by atoms with E-state index < -0.39 is 0 Å². The summed E-state index contributed by atoms with van der Waals surface area (Å²) in [5.74, 6) is 0.358. The van der Waals surface area contributed by atoms with E-state index in [0.717, 1.165) is 61.4 Å². The monoisotopic (exact) mass is 471 g/mol. The van der Waals surface area contributed by atoms with Gasteiger partial charge in [-0.1, -0.05) is 6.92 Å². The van der Waals surface area contributed by atoms with Gasteiger partial charge < -0.3 is 20.3 Å². The van der Waals surface area contributed by atoms with Crippen LogP contribution in [0.15, 0.2) is 24.3 Å². The van der Waals surface area contributed by atoms with Gasteiger partial charge >= 0.3 is 5.97 Å². The Kier molecular flexibility index (Phi) is 7.10. The normalized spacial score (nSPS) is 17.9. The molecular weight excluding hydrogens is 442 g/mol. The SMILES string of the molecule is COC(=O)c1c(NC(=S)Nc2ccc(C(=O)N3CCCCC3)cc2)sc2c1CCC(C)C2. The largest absolute Gasteiger partial charge is 0.465 e. The highest BCUT2D eigenvalue weighted by molar-refractivity contribution is 7.80. The van der Waals surface area contributed by atoms with Crippen molar-refractivity contribution < 1.29 is 14.3 Å². The van der Waals surface area contributed by atoms with Gasteiger partial charge in [-0.15, -0.1) is 11.3 Å². The standard InChI is InChI=1S/C24H29N3O3S2/c1-15-6-11-18-19(14-15)32-21(20(18)23(29)30-2)26-24(31)25-17-9-7-16(8-10-17)22(28)27-12-4-3-5-13-27/h7-10,15H,3-6,11-14H2,1-2H3,(H2,25,26,31). The number of ether oxygens (including phenoxy) is 1. The lowest BCUT2D eigenvalue weighted by atomic mass is 9.88. The summed E-state index contributed by atoms with van der Waals surface area (Å²) in [6.07, 6.45) is 6.26. The highest BCUT2D eigenvalue weighted by Crippen LogP contribution is 2.40. The molecule has 0 saturated carbocycles. The Hall–Kier alpha value is -2.45. The number of esters is 1. The third kappa shape index (κ3) is 4.96. The van der Waals surface area contributed by atoms with Gasteiger partial charge in [-0.3, -0.25) is 4.79 Å². The fraction of sp³-hybridized carbons (Fsp3) is 0.458. The number of hydrogen-bond donors (Lipinski definition) is 2. The molecule has 0 radical (unpaired) electrons. The number of nitrogens with zero attached hydrogens (tertiary/aromatic N) is 1. The molecular formula is C24H29N3O3S2. The molecule has 1 saturated heterocycles. The molecule has 4 rings (SSSR count). The number of carbonyl (C=O) groups is 2. The number of methoxy groups -OCH3 is 1. The zero-order valence-corrected chi connectivity index (χ0v) is 20.2. The highest BCUT2D eigenvalue weighted by Gasteiger charge is 2.28. The summed E-state index contributed by atoms with van der Waals surface area (Å²) in [7, 11) is 1.41. The van der Waals surface area contributed by atoms with Crippen molar-refractivity contribution in [1.82, 2.24) is 4.90 Å². The van der Waals surface area contributed by atoms with Gasteiger partial charge in [0.15, 0.2) is 5.11 Å². The topological polar surface area (TPSA) is 70.7 Å². The lowest BCUT2D eigenvalue weighted by Gasteiger charge is -2.26. The number of thiophene rings is 1. The summed E-state index contributed by atoms with van der Waals surface area (Å²) in [4.78, 5) is 28.3. The number of nitrogens with one attached hydrogen (secondary N) is 2. The molecule has 1 aromatic heterocycles. The highest BCUT2D eigenvalue weighted by atomic mass is 32.1. The van der Waals surface area contributed by atoms with E-state index in [-0.39, 0.29) is 11.9 Å². The summed E-state index contributed by atoms with van der Waals surface area (Å²) in [6.45, 7) is 3.90. The zero-order chi connectivity index (χ0) is 22.7. The second kappa shape index (κ2) is 10.0. The molecule has 32 heavy (non-hydrogen) atoms. The van der Waals surface area contributed by atoms with Crippen LogP contribution in [-0.2, 0) is 17.6 Å². The molecule has 2 N–H and O–H groups in total. The Balaban J connectivity index is 1.44. The second-order valence-corrected chi connectivity index (χ2v) is 10.1. The number of likely N-dealkylation sites (tertiary alicyclic amines) is 1. The maximum atomic E-state index is 12.6. The first kappa shape index (κ1) is 22.7. The molecule has 1 aromatic carbocycles. The van der Waals surface area contributed by atoms with E-state index in [0.29, 0.717) is 22.2 Å². The van der Waals surface area contributed by atoms with Crippen molar-refractivity contribution in [3.63, 3.8) is 0 Å². The van der Waals surface area contributed by atoms with E-state index in [4.69, 9.17) is 17.0 Å². The van der Waals surface area contributed by atoms with Gasteiger partial charge in [-0.05, 0) is 86.5 Å². The third-order valence-electron chi connectivity index (χ3n) is 6.16. The summed E-state index contributed by atoms with van der Waals surface area (Å²) >= 11 is 7.09. The van der Waals surface area contributed by atoms with Crippen molar-refractivity contribution in [2.24, 2.45) is 5.92 Å². The molecule has 1 aliphatic carbocycles. The summed E-state index contributed by atoms with van der Waals surface area (Å²) < 4.78 is 5.04. The molecule has 2 aromatic rings. The van der Waals surface area contributed by atoms with Crippen LogP contribution in [0.1, 0.15) is 63.8 Å². The van der Waals surface area contributed by atoms with Crippen LogP contribution < -0.4 is 10.6 Å². The summed E-state index contributed by atoms with van der Waals surface area (Å²) in [5, 5.41) is 7.48. The lowest BCUT2D eigenvalue weighted by Crippen LogP contribution is -2.35. The first-order valence-corrected chi connectivity index (χ1v) is 12.4.